The van der Waals surface area contributed by atoms with E-state index in [0.717, 1.165) is 19.3 Å². The minimum absolute atomic E-state index is 0.0263. The molecule has 0 aliphatic heterocycles. The Morgan fingerprint density at radius 3 is 2.77 bits per heavy atom. The Kier molecular flexibility index (Phi) is 4.22. The molecule has 76 valence electrons. The lowest BCUT2D eigenvalue weighted by molar-refractivity contribution is -0.150. The van der Waals surface area contributed by atoms with Crippen molar-refractivity contribution in [2.45, 2.75) is 38.6 Å². The molecule has 0 radical (unpaired) electrons. The van der Waals surface area contributed by atoms with Crippen LogP contribution in [0.5, 0.6) is 0 Å². The van der Waals surface area contributed by atoms with Crippen LogP contribution in [0.4, 0.5) is 0 Å². The molecular formula is C10H19NO2. The topological polar surface area (TPSA) is 38.3 Å². The molecule has 1 aliphatic carbocycles. The molecule has 0 unspecified atom stereocenters. The van der Waals surface area contributed by atoms with Gasteiger partial charge in [-0.15, -0.1) is 0 Å². The van der Waals surface area contributed by atoms with Crippen molar-refractivity contribution in [1.29, 1.82) is 0 Å². The van der Waals surface area contributed by atoms with Gasteiger partial charge < -0.3 is 10.1 Å². The van der Waals surface area contributed by atoms with Gasteiger partial charge in [0.2, 0.25) is 0 Å². The fourth-order valence-electron chi connectivity index (χ4n) is 2.01. The molecule has 0 aromatic carbocycles. The van der Waals surface area contributed by atoms with Gasteiger partial charge in [-0.3, -0.25) is 4.79 Å². The highest BCUT2D eigenvalue weighted by Gasteiger charge is 2.30. The lowest BCUT2D eigenvalue weighted by Crippen LogP contribution is -2.41. The summed E-state index contributed by atoms with van der Waals surface area (Å²) in [4.78, 5) is 11.5. The number of carbonyl (C=O) groups excluding carboxylic acids is 1. The van der Waals surface area contributed by atoms with Gasteiger partial charge in [0.15, 0.2) is 0 Å². The summed E-state index contributed by atoms with van der Waals surface area (Å²) in [5.41, 5.74) is 0. The molecule has 3 heteroatoms. The molecule has 1 rings (SSSR count). The molecule has 0 aromatic heterocycles. The first-order chi connectivity index (χ1) is 6.29. The largest absolute Gasteiger partial charge is 0.466 e. The molecule has 1 aliphatic rings. The first-order valence-corrected chi connectivity index (χ1v) is 5.13. The number of rotatable bonds is 3. The highest BCUT2D eigenvalue weighted by Crippen LogP contribution is 2.25. The second-order valence-corrected chi connectivity index (χ2v) is 3.54. The second-order valence-electron chi connectivity index (χ2n) is 3.54. The lowest BCUT2D eigenvalue weighted by atomic mass is 9.84. The van der Waals surface area contributed by atoms with Crippen molar-refractivity contribution < 1.29 is 9.53 Å². The predicted molar refractivity (Wildman–Crippen MR) is 51.4 cm³/mol. The van der Waals surface area contributed by atoms with E-state index >= 15 is 0 Å². The molecule has 0 saturated heterocycles. The van der Waals surface area contributed by atoms with Gasteiger partial charge in [-0.05, 0) is 26.8 Å². The molecule has 0 aromatic rings. The van der Waals surface area contributed by atoms with Gasteiger partial charge in [-0.25, -0.2) is 0 Å². The van der Waals surface area contributed by atoms with Crippen LogP contribution < -0.4 is 5.32 Å². The quantitative estimate of drug-likeness (QED) is 0.674. The van der Waals surface area contributed by atoms with Gasteiger partial charge in [-0.1, -0.05) is 12.8 Å². The summed E-state index contributed by atoms with van der Waals surface area (Å²) < 4.78 is 5.03. The first kappa shape index (κ1) is 10.5. The maximum Gasteiger partial charge on any atom is 0.310 e. The number of nitrogens with one attached hydrogen (secondary N) is 1. The van der Waals surface area contributed by atoms with Crippen molar-refractivity contribution in [2.75, 3.05) is 13.7 Å². The van der Waals surface area contributed by atoms with Crippen LogP contribution in [-0.4, -0.2) is 25.7 Å². The Morgan fingerprint density at radius 1 is 1.46 bits per heavy atom. The first-order valence-electron chi connectivity index (χ1n) is 5.13. The molecule has 1 fully saturated rings. The van der Waals surface area contributed by atoms with E-state index in [1.807, 2.05) is 14.0 Å². The van der Waals surface area contributed by atoms with Crippen LogP contribution in [0.15, 0.2) is 0 Å². The summed E-state index contributed by atoms with van der Waals surface area (Å²) in [6.07, 6.45) is 4.45. The number of carbonyl (C=O) groups is 1. The summed E-state index contributed by atoms with van der Waals surface area (Å²) >= 11 is 0. The smallest absolute Gasteiger partial charge is 0.310 e. The number of esters is 1. The van der Waals surface area contributed by atoms with Crippen molar-refractivity contribution in [3.63, 3.8) is 0 Å². The van der Waals surface area contributed by atoms with Crippen molar-refractivity contribution in [3.8, 4) is 0 Å². The van der Waals surface area contributed by atoms with Gasteiger partial charge in [-0.2, -0.15) is 0 Å². The Balaban J connectivity index is 2.48. The third-order valence-corrected chi connectivity index (χ3v) is 2.73. The minimum atomic E-state index is -0.0263. The summed E-state index contributed by atoms with van der Waals surface area (Å²) in [6, 6.07) is 0.327. The SMILES string of the molecule is CCOC(=O)[C@@H]1CCCC[C@H]1NC. The molecule has 0 spiro atoms. The molecule has 3 nitrogen and oxygen atoms in total. The van der Waals surface area contributed by atoms with Gasteiger partial charge in [0, 0.05) is 6.04 Å². The van der Waals surface area contributed by atoms with E-state index in [2.05, 4.69) is 5.32 Å². The molecule has 0 amide bonds. The number of hydrogen-bond donors (Lipinski definition) is 1. The lowest BCUT2D eigenvalue weighted by Gasteiger charge is -2.29. The van der Waals surface area contributed by atoms with Gasteiger partial charge in [0.1, 0.15) is 0 Å². The van der Waals surface area contributed by atoms with Crippen LogP contribution in [0, 0.1) is 5.92 Å². The molecule has 1 saturated carbocycles. The van der Waals surface area contributed by atoms with E-state index in [9.17, 15) is 4.79 Å². The third kappa shape index (κ3) is 2.69. The predicted octanol–water partition coefficient (Wildman–Crippen LogP) is 1.33. The van der Waals surface area contributed by atoms with E-state index in [1.165, 1.54) is 6.42 Å². The van der Waals surface area contributed by atoms with Crippen LogP contribution >= 0.6 is 0 Å². The van der Waals surface area contributed by atoms with Crippen LogP contribution in [0.2, 0.25) is 0 Å². The van der Waals surface area contributed by atoms with Crippen molar-refractivity contribution in [3.05, 3.63) is 0 Å². The monoisotopic (exact) mass is 185 g/mol. The van der Waals surface area contributed by atoms with Crippen molar-refractivity contribution in [2.24, 2.45) is 5.92 Å². The number of hydrogen-bond acceptors (Lipinski definition) is 3. The Bertz CT molecular complexity index is 170. The molecular weight excluding hydrogens is 166 g/mol. The molecule has 13 heavy (non-hydrogen) atoms. The van der Waals surface area contributed by atoms with Crippen molar-refractivity contribution in [1.82, 2.24) is 5.32 Å². The van der Waals surface area contributed by atoms with Crippen LogP contribution in [0.25, 0.3) is 0 Å². The Hall–Kier alpha value is -0.570. The van der Waals surface area contributed by atoms with Crippen LogP contribution in [-0.2, 0) is 9.53 Å². The van der Waals surface area contributed by atoms with Crippen molar-refractivity contribution >= 4 is 5.97 Å². The van der Waals surface area contributed by atoms with Gasteiger partial charge >= 0.3 is 5.97 Å². The normalized spacial score (nSPS) is 28.5. The summed E-state index contributed by atoms with van der Waals surface area (Å²) in [6.45, 7) is 2.35. The zero-order valence-corrected chi connectivity index (χ0v) is 8.51. The molecule has 0 heterocycles. The van der Waals surface area contributed by atoms with E-state index in [-0.39, 0.29) is 11.9 Å². The highest BCUT2D eigenvalue weighted by atomic mass is 16.5. The molecule has 1 N–H and O–H groups in total. The maximum atomic E-state index is 11.5. The minimum Gasteiger partial charge on any atom is -0.466 e. The third-order valence-electron chi connectivity index (χ3n) is 2.73. The average molecular weight is 185 g/mol. The van der Waals surface area contributed by atoms with E-state index in [1.54, 1.807) is 0 Å². The Morgan fingerprint density at radius 2 is 2.15 bits per heavy atom. The van der Waals surface area contributed by atoms with Crippen LogP contribution in [0.1, 0.15) is 32.6 Å². The molecule has 2 atom stereocenters. The summed E-state index contributed by atoms with van der Waals surface area (Å²) in [7, 11) is 1.92. The zero-order chi connectivity index (χ0) is 9.68. The maximum absolute atomic E-state index is 11.5. The highest BCUT2D eigenvalue weighted by molar-refractivity contribution is 5.73. The summed E-state index contributed by atoms with van der Waals surface area (Å²) in [5, 5.41) is 3.19. The fraction of sp³-hybridized carbons (Fsp3) is 0.900. The van der Waals surface area contributed by atoms with E-state index in [4.69, 9.17) is 4.74 Å². The zero-order valence-electron chi connectivity index (χ0n) is 8.51. The average Bonchev–Trinajstić information content (AvgIpc) is 2.18. The second kappa shape index (κ2) is 5.22. The van der Waals surface area contributed by atoms with Crippen LogP contribution in [0.3, 0.4) is 0 Å². The van der Waals surface area contributed by atoms with Gasteiger partial charge in [0.25, 0.3) is 0 Å². The van der Waals surface area contributed by atoms with Gasteiger partial charge in [0.05, 0.1) is 12.5 Å². The Labute approximate surface area is 79.8 Å². The number of ether oxygens (including phenoxy) is 1. The molecule has 0 bridgehead atoms. The standard InChI is InChI=1S/C10H19NO2/c1-3-13-10(12)8-6-4-5-7-9(8)11-2/h8-9,11H,3-7H2,1-2H3/t8-,9-/m1/s1. The van der Waals surface area contributed by atoms with E-state index < -0.39 is 0 Å². The fourth-order valence-corrected chi connectivity index (χ4v) is 2.01. The van der Waals surface area contributed by atoms with E-state index in [0.29, 0.717) is 12.6 Å². The summed E-state index contributed by atoms with van der Waals surface area (Å²) in [5.74, 6) is 0.0558.